The van der Waals surface area contributed by atoms with Crippen molar-refractivity contribution < 1.29 is 0 Å². The number of fused-ring (bicyclic) bond motifs is 1. The van der Waals surface area contributed by atoms with Crippen molar-refractivity contribution in [1.29, 1.82) is 0 Å². The first-order chi connectivity index (χ1) is 20.1. The normalized spacial score (nSPS) is 13.4. The standard InChI is InChI=1S/C34H29ClN4.C2H6/c1-3-11-28-29-21-24(16-17-31(29)36-30(28)4-2)25-18-26(20-27(35)19-25)34-38-32(22-12-7-5-8-13-22)37-33(39-34)23-14-9-6-10-15-23;1-2/h3,5-21,34,36H,4H2,1-2H3,(H,37,38,39);1-2H3/b11-3-;. The van der Waals surface area contributed by atoms with Gasteiger partial charge in [0.05, 0.1) is 0 Å². The van der Waals surface area contributed by atoms with Gasteiger partial charge in [0.2, 0.25) is 0 Å². The van der Waals surface area contributed by atoms with Gasteiger partial charge in [-0.25, -0.2) is 9.98 Å². The molecule has 0 spiro atoms. The van der Waals surface area contributed by atoms with Gasteiger partial charge in [-0.2, -0.15) is 0 Å². The predicted molar refractivity (Wildman–Crippen MR) is 176 cm³/mol. The smallest absolute Gasteiger partial charge is 0.169 e. The second-order valence-corrected chi connectivity index (χ2v) is 10.0. The lowest BCUT2D eigenvalue weighted by Gasteiger charge is -2.23. The van der Waals surface area contributed by atoms with E-state index >= 15 is 0 Å². The summed E-state index contributed by atoms with van der Waals surface area (Å²) in [5.41, 5.74) is 8.72. The topological polar surface area (TPSA) is 52.5 Å². The highest BCUT2D eigenvalue weighted by atomic mass is 35.5. The molecule has 1 aromatic heterocycles. The molecule has 0 radical (unpaired) electrons. The Labute approximate surface area is 247 Å². The van der Waals surface area contributed by atoms with Gasteiger partial charge < -0.3 is 10.3 Å². The van der Waals surface area contributed by atoms with Gasteiger partial charge in [-0.1, -0.05) is 111 Å². The zero-order valence-electron chi connectivity index (χ0n) is 23.9. The Bertz CT molecular complexity index is 1670. The Morgan fingerprint density at radius 1 is 0.756 bits per heavy atom. The molecule has 4 nitrogen and oxygen atoms in total. The number of nitrogens with one attached hydrogen (secondary N) is 2. The van der Waals surface area contributed by atoms with Crippen molar-refractivity contribution in [2.24, 2.45) is 9.98 Å². The van der Waals surface area contributed by atoms with Crippen LogP contribution in [0.25, 0.3) is 28.1 Å². The fraction of sp³-hybridized carbons (Fsp3) is 0.167. The number of aromatic amines is 1. The van der Waals surface area contributed by atoms with Crippen LogP contribution in [0.1, 0.15) is 61.8 Å². The van der Waals surface area contributed by atoms with Gasteiger partial charge in [-0.05, 0) is 54.8 Å². The average molecular weight is 559 g/mol. The summed E-state index contributed by atoms with van der Waals surface area (Å²) in [6.07, 6.45) is 4.78. The number of rotatable bonds is 6. The first-order valence-corrected chi connectivity index (χ1v) is 14.6. The van der Waals surface area contributed by atoms with Crippen LogP contribution in [0.3, 0.4) is 0 Å². The fourth-order valence-corrected chi connectivity index (χ4v) is 5.34. The molecule has 2 heterocycles. The Morgan fingerprint density at radius 3 is 1.98 bits per heavy atom. The number of hydrogen-bond acceptors (Lipinski definition) is 3. The van der Waals surface area contributed by atoms with Crippen LogP contribution in [-0.2, 0) is 6.42 Å². The van der Waals surface area contributed by atoms with Gasteiger partial charge in [0.15, 0.2) is 6.17 Å². The lowest BCUT2D eigenvalue weighted by molar-refractivity contribution is 0.756. The monoisotopic (exact) mass is 558 g/mol. The number of amidine groups is 2. The van der Waals surface area contributed by atoms with Gasteiger partial charge in [0, 0.05) is 43.9 Å². The zero-order chi connectivity index (χ0) is 28.8. The van der Waals surface area contributed by atoms with Crippen LogP contribution in [0.4, 0.5) is 0 Å². The molecule has 0 amide bonds. The van der Waals surface area contributed by atoms with Gasteiger partial charge in [0.1, 0.15) is 11.7 Å². The zero-order valence-corrected chi connectivity index (χ0v) is 24.7. The van der Waals surface area contributed by atoms with Crippen LogP contribution < -0.4 is 5.32 Å². The van der Waals surface area contributed by atoms with Crippen molar-refractivity contribution in [3.05, 3.63) is 136 Å². The van der Waals surface area contributed by atoms with Crippen molar-refractivity contribution in [2.45, 2.75) is 40.3 Å². The summed E-state index contributed by atoms with van der Waals surface area (Å²) < 4.78 is 0. The van der Waals surface area contributed by atoms with E-state index in [1.165, 1.54) is 16.6 Å². The van der Waals surface area contributed by atoms with Crippen LogP contribution in [0, 0.1) is 0 Å². The van der Waals surface area contributed by atoms with E-state index in [1.54, 1.807) is 0 Å². The molecule has 41 heavy (non-hydrogen) atoms. The summed E-state index contributed by atoms with van der Waals surface area (Å²) in [4.78, 5) is 13.6. The second kappa shape index (κ2) is 12.8. The highest BCUT2D eigenvalue weighted by Gasteiger charge is 2.21. The molecule has 0 unspecified atom stereocenters. The highest BCUT2D eigenvalue weighted by Crippen LogP contribution is 2.34. The van der Waals surface area contributed by atoms with Crippen molar-refractivity contribution >= 4 is 40.3 Å². The van der Waals surface area contributed by atoms with Gasteiger partial charge in [-0.15, -0.1) is 0 Å². The van der Waals surface area contributed by atoms with E-state index in [0.717, 1.165) is 51.4 Å². The maximum atomic E-state index is 6.72. The van der Waals surface area contributed by atoms with E-state index < -0.39 is 6.17 Å². The molecule has 5 heteroatoms. The number of aliphatic imine (C=N–C) groups is 2. The molecule has 5 aromatic rings. The van der Waals surface area contributed by atoms with Crippen molar-refractivity contribution in [3.8, 4) is 11.1 Å². The van der Waals surface area contributed by atoms with Crippen LogP contribution in [-0.4, -0.2) is 16.7 Å². The van der Waals surface area contributed by atoms with E-state index in [0.29, 0.717) is 5.02 Å². The Balaban J connectivity index is 0.00000165. The predicted octanol–water partition coefficient (Wildman–Crippen LogP) is 9.61. The SMILES string of the molecule is C/C=C\c1c(CC)[nH]c2ccc(-c3cc(Cl)cc(C4N=C(c5ccccc5)NC(c5ccccc5)=N4)c3)cc12.CC. The first kappa shape index (κ1) is 28.1. The number of nitrogens with zero attached hydrogens (tertiary/aromatic N) is 2. The molecule has 6 rings (SSSR count). The largest absolute Gasteiger partial charge is 0.358 e. The number of hydrogen-bond donors (Lipinski definition) is 2. The molecule has 206 valence electrons. The minimum absolute atomic E-state index is 0.435. The third-order valence-corrected chi connectivity index (χ3v) is 7.21. The number of benzene rings is 4. The molecule has 1 aliphatic heterocycles. The molecule has 4 aromatic carbocycles. The maximum absolute atomic E-state index is 6.72. The molecule has 0 atom stereocenters. The molecule has 2 N–H and O–H groups in total. The van der Waals surface area contributed by atoms with E-state index in [2.05, 4.69) is 84.8 Å². The Kier molecular flexibility index (Phi) is 8.81. The van der Waals surface area contributed by atoms with Crippen molar-refractivity contribution in [3.63, 3.8) is 0 Å². The Hall–Kier alpha value is -4.41. The number of H-pyrrole nitrogens is 1. The van der Waals surface area contributed by atoms with Crippen LogP contribution in [0.5, 0.6) is 0 Å². The van der Waals surface area contributed by atoms with Gasteiger partial charge in [0.25, 0.3) is 0 Å². The second-order valence-electron chi connectivity index (χ2n) is 9.59. The molecule has 0 saturated carbocycles. The van der Waals surface area contributed by atoms with Gasteiger partial charge >= 0.3 is 0 Å². The average Bonchev–Trinajstić information content (AvgIpc) is 3.39. The van der Waals surface area contributed by atoms with E-state index in [-0.39, 0.29) is 0 Å². The third kappa shape index (κ3) is 6.03. The lowest BCUT2D eigenvalue weighted by atomic mass is 9.99. The molecule has 0 saturated heterocycles. The molecule has 0 aliphatic carbocycles. The molecular weight excluding hydrogens is 524 g/mol. The first-order valence-electron chi connectivity index (χ1n) is 14.2. The van der Waals surface area contributed by atoms with Crippen LogP contribution >= 0.6 is 11.6 Å². The third-order valence-electron chi connectivity index (χ3n) is 6.99. The quantitative estimate of drug-likeness (QED) is 0.214. The molecule has 1 aliphatic rings. The number of aromatic nitrogens is 1. The Morgan fingerprint density at radius 2 is 1.39 bits per heavy atom. The summed E-state index contributed by atoms with van der Waals surface area (Å²) in [6.45, 7) is 8.23. The van der Waals surface area contributed by atoms with E-state index in [4.69, 9.17) is 21.6 Å². The fourth-order valence-electron chi connectivity index (χ4n) is 5.10. The minimum Gasteiger partial charge on any atom is -0.358 e. The van der Waals surface area contributed by atoms with Crippen molar-refractivity contribution in [1.82, 2.24) is 10.3 Å². The molecular formula is C36H35ClN4. The maximum Gasteiger partial charge on any atom is 0.169 e. The number of allylic oxidation sites excluding steroid dienone is 1. The summed E-state index contributed by atoms with van der Waals surface area (Å²) in [5.74, 6) is 1.57. The minimum atomic E-state index is -0.435. The number of aryl methyl sites for hydroxylation is 1. The van der Waals surface area contributed by atoms with E-state index in [1.807, 2.05) is 62.4 Å². The van der Waals surface area contributed by atoms with Crippen LogP contribution in [0.15, 0.2) is 113 Å². The summed E-state index contributed by atoms with van der Waals surface area (Å²) in [5, 5.41) is 5.32. The van der Waals surface area contributed by atoms with Gasteiger partial charge in [-0.3, -0.25) is 0 Å². The highest BCUT2D eigenvalue weighted by molar-refractivity contribution is 6.31. The van der Waals surface area contributed by atoms with Crippen molar-refractivity contribution in [2.75, 3.05) is 0 Å². The lowest BCUT2D eigenvalue weighted by Crippen LogP contribution is -2.36. The molecule has 0 fully saturated rings. The number of halogens is 1. The van der Waals surface area contributed by atoms with Crippen LogP contribution in [0.2, 0.25) is 5.02 Å². The molecule has 0 bridgehead atoms. The van der Waals surface area contributed by atoms with E-state index in [9.17, 15) is 0 Å². The summed E-state index contributed by atoms with van der Waals surface area (Å²) in [7, 11) is 0. The summed E-state index contributed by atoms with van der Waals surface area (Å²) in [6, 6.07) is 33.0. The summed E-state index contributed by atoms with van der Waals surface area (Å²) >= 11 is 6.72.